The molecule has 0 aliphatic carbocycles. The molecule has 1 unspecified atom stereocenters. The number of thioether (sulfide) groups is 1. The van der Waals surface area contributed by atoms with Crippen LogP contribution in [-0.4, -0.2) is 48.0 Å². The standard InChI is InChI=1S/C25H29N5O3S/c1-4-11-28-23(32)19-9-5-6-10-21(19)30-24(28)26-27-25(30)34-15-22(31)20-13-16(2)29(17(20)3)14-18-8-7-12-33-18/h5-6,9-10,13,18H,4,7-8,11-12,14-15H2,1-3H3. The van der Waals surface area contributed by atoms with Gasteiger partial charge in [-0.25, -0.2) is 0 Å². The molecule has 1 fully saturated rings. The Hall–Kier alpha value is -2.91. The van der Waals surface area contributed by atoms with Gasteiger partial charge in [-0.2, -0.15) is 0 Å². The predicted octanol–water partition coefficient (Wildman–Crippen LogP) is 4.03. The maximum atomic E-state index is 13.2. The average Bonchev–Trinajstić information content (AvgIpc) is 3.57. The number of para-hydroxylation sites is 1. The molecule has 0 amide bonds. The van der Waals surface area contributed by atoms with Gasteiger partial charge in [-0.05, 0) is 51.3 Å². The number of aromatic nitrogens is 5. The first-order chi connectivity index (χ1) is 16.5. The minimum atomic E-state index is -0.0661. The number of carbonyl (C=O) groups is 1. The van der Waals surface area contributed by atoms with Crippen LogP contribution in [0.15, 0.2) is 40.3 Å². The number of carbonyl (C=O) groups excluding carboxylic acids is 1. The number of ether oxygens (including phenoxy) is 1. The van der Waals surface area contributed by atoms with E-state index in [9.17, 15) is 9.59 Å². The van der Waals surface area contributed by atoms with Crippen molar-refractivity contribution in [1.82, 2.24) is 23.7 Å². The molecule has 4 aromatic rings. The Labute approximate surface area is 201 Å². The second-order valence-electron chi connectivity index (χ2n) is 8.83. The van der Waals surface area contributed by atoms with Crippen molar-refractivity contribution in [2.45, 2.75) is 64.4 Å². The fourth-order valence-corrected chi connectivity index (χ4v) is 5.64. The van der Waals surface area contributed by atoms with E-state index in [0.717, 1.165) is 54.9 Å². The highest BCUT2D eigenvalue weighted by Crippen LogP contribution is 2.25. The second-order valence-corrected chi connectivity index (χ2v) is 9.78. The summed E-state index contributed by atoms with van der Waals surface area (Å²) in [6, 6.07) is 9.45. The van der Waals surface area contributed by atoms with Crippen LogP contribution in [0, 0.1) is 13.8 Å². The van der Waals surface area contributed by atoms with Gasteiger partial charge >= 0.3 is 0 Å². The summed E-state index contributed by atoms with van der Waals surface area (Å²) in [4.78, 5) is 26.2. The van der Waals surface area contributed by atoms with Crippen LogP contribution in [0.4, 0.5) is 0 Å². The number of hydrogen-bond donors (Lipinski definition) is 0. The van der Waals surface area contributed by atoms with Gasteiger partial charge in [0.15, 0.2) is 10.9 Å². The van der Waals surface area contributed by atoms with Gasteiger partial charge in [-0.3, -0.25) is 18.6 Å². The number of rotatable bonds is 8. The molecule has 0 radical (unpaired) electrons. The predicted molar refractivity (Wildman–Crippen MR) is 133 cm³/mol. The monoisotopic (exact) mass is 479 g/mol. The number of hydrogen-bond acceptors (Lipinski definition) is 6. The molecule has 4 heterocycles. The Kier molecular flexibility index (Phi) is 6.31. The van der Waals surface area contributed by atoms with Crippen LogP contribution in [0.1, 0.15) is 47.9 Å². The van der Waals surface area contributed by atoms with Crippen molar-refractivity contribution in [2.75, 3.05) is 12.4 Å². The largest absolute Gasteiger partial charge is 0.376 e. The third-order valence-corrected chi connectivity index (χ3v) is 7.47. The van der Waals surface area contributed by atoms with Crippen LogP contribution in [0.25, 0.3) is 16.7 Å². The van der Waals surface area contributed by atoms with Crippen LogP contribution < -0.4 is 5.56 Å². The van der Waals surface area contributed by atoms with Crippen molar-refractivity contribution in [1.29, 1.82) is 0 Å². The van der Waals surface area contributed by atoms with Gasteiger partial charge in [0.2, 0.25) is 5.78 Å². The van der Waals surface area contributed by atoms with Gasteiger partial charge in [-0.1, -0.05) is 30.8 Å². The molecule has 1 aliphatic heterocycles. The Balaban J connectivity index is 1.44. The lowest BCUT2D eigenvalue weighted by Gasteiger charge is -2.14. The van der Waals surface area contributed by atoms with Crippen LogP contribution in [0.3, 0.4) is 0 Å². The van der Waals surface area contributed by atoms with Crippen LogP contribution in [0.5, 0.6) is 0 Å². The van der Waals surface area contributed by atoms with Gasteiger partial charge < -0.3 is 9.30 Å². The Morgan fingerprint density at radius 3 is 2.79 bits per heavy atom. The highest BCUT2D eigenvalue weighted by molar-refractivity contribution is 7.99. The van der Waals surface area contributed by atoms with Crippen molar-refractivity contribution in [2.24, 2.45) is 0 Å². The Morgan fingerprint density at radius 1 is 1.21 bits per heavy atom. The Morgan fingerprint density at radius 2 is 2.03 bits per heavy atom. The molecule has 178 valence electrons. The molecule has 0 N–H and O–H groups in total. The van der Waals surface area contributed by atoms with Gasteiger partial charge in [0.25, 0.3) is 5.56 Å². The van der Waals surface area contributed by atoms with Gasteiger partial charge in [0, 0.05) is 36.6 Å². The molecule has 0 saturated carbocycles. The van der Waals surface area contributed by atoms with Gasteiger partial charge in [0.05, 0.1) is 22.8 Å². The highest BCUT2D eigenvalue weighted by Gasteiger charge is 2.22. The molecule has 0 bridgehead atoms. The SMILES string of the molecule is CCCn1c(=O)c2ccccc2n2c(SCC(=O)c3cc(C)n(CC4CCCO4)c3C)nnc12. The molecular weight excluding hydrogens is 450 g/mol. The Bertz CT molecular complexity index is 1430. The number of fused-ring (bicyclic) bond motifs is 3. The maximum absolute atomic E-state index is 13.2. The molecule has 8 nitrogen and oxygen atoms in total. The van der Waals surface area contributed by atoms with E-state index in [-0.39, 0.29) is 23.2 Å². The molecule has 1 aromatic carbocycles. The number of Topliss-reactive ketones (excluding diaryl/α,β-unsaturated/α-hetero) is 1. The summed E-state index contributed by atoms with van der Waals surface area (Å²) < 4.78 is 11.5. The quantitative estimate of drug-likeness (QED) is 0.280. The summed E-state index contributed by atoms with van der Waals surface area (Å²) in [6.45, 7) is 8.23. The lowest BCUT2D eigenvalue weighted by atomic mass is 10.2. The molecule has 5 rings (SSSR count). The van der Waals surface area contributed by atoms with Gasteiger partial charge in [-0.15, -0.1) is 10.2 Å². The molecule has 34 heavy (non-hydrogen) atoms. The molecule has 1 atom stereocenters. The fraction of sp³-hybridized carbons (Fsp3) is 0.440. The van der Waals surface area contributed by atoms with Crippen LogP contribution in [0.2, 0.25) is 0 Å². The summed E-state index contributed by atoms with van der Waals surface area (Å²) in [5.74, 6) is 0.807. The number of benzene rings is 1. The summed E-state index contributed by atoms with van der Waals surface area (Å²) >= 11 is 1.35. The topological polar surface area (TPSA) is 83.4 Å². The van der Waals surface area contributed by atoms with Crippen molar-refractivity contribution >= 4 is 34.2 Å². The van der Waals surface area contributed by atoms with Crippen molar-refractivity contribution in [3.8, 4) is 0 Å². The van der Waals surface area contributed by atoms with E-state index in [1.807, 2.05) is 55.5 Å². The van der Waals surface area contributed by atoms with E-state index in [4.69, 9.17) is 4.74 Å². The number of nitrogens with zero attached hydrogens (tertiary/aromatic N) is 5. The molecule has 1 saturated heterocycles. The molecule has 9 heteroatoms. The lowest BCUT2D eigenvalue weighted by Crippen LogP contribution is -2.23. The zero-order chi connectivity index (χ0) is 23.8. The molecule has 1 aliphatic rings. The first kappa shape index (κ1) is 22.9. The minimum Gasteiger partial charge on any atom is -0.376 e. The first-order valence-electron chi connectivity index (χ1n) is 11.8. The highest BCUT2D eigenvalue weighted by atomic mass is 32.2. The van der Waals surface area contributed by atoms with E-state index in [1.165, 1.54) is 11.8 Å². The maximum Gasteiger partial charge on any atom is 0.262 e. The van der Waals surface area contributed by atoms with E-state index >= 15 is 0 Å². The van der Waals surface area contributed by atoms with Gasteiger partial charge in [0.1, 0.15) is 0 Å². The summed E-state index contributed by atoms with van der Waals surface area (Å²) in [6.07, 6.45) is 3.19. The summed E-state index contributed by atoms with van der Waals surface area (Å²) in [5.41, 5.74) is 3.48. The van der Waals surface area contributed by atoms with E-state index in [2.05, 4.69) is 14.8 Å². The number of aryl methyl sites for hydroxylation is 2. The van der Waals surface area contributed by atoms with Crippen molar-refractivity contribution in [3.63, 3.8) is 0 Å². The van der Waals surface area contributed by atoms with Crippen molar-refractivity contribution in [3.05, 3.63) is 57.6 Å². The average molecular weight is 480 g/mol. The lowest BCUT2D eigenvalue weighted by molar-refractivity contribution is 0.0957. The van der Waals surface area contributed by atoms with Crippen LogP contribution in [-0.2, 0) is 17.8 Å². The molecule has 3 aromatic heterocycles. The second kappa shape index (κ2) is 9.38. The van der Waals surface area contributed by atoms with E-state index in [0.29, 0.717) is 22.9 Å². The summed E-state index contributed by atoms with van der Waals surface area (Å²) in [7, 11) is 0. The third-order valence-electron chi connectivity index (χ3n) is 6.54. The third kappa shape index (κ3) is 3.96. The summed E-state index contributed by atoms with van der Waals surface area (Å²) in [5, 5.41) is 9.90. The zero-order valence-corrected chi connectivity index (χ0v) is 20.6. The van der Waals surface area contributed by atoms with Crippen LogP contribution >= 0.6 is 11.8 Å². The van der Waals surface area contributed by atoms with E-state index in [1.54, 1.807) is 4.57 Å². The minimum absolute atomic E-state index is 0.0552. The molecule has 0 spiro atoms. The van der Waals surface area contributed by atoms with E-state index < -0.39 is 0 Å². The first-order valence-corrected chi connectivity index (χ1v) is 12.8. The number of ketones is 1. The molecular formula is C25H29N5O3S. The van der Waals surface area contributed by atoms with Crippen molar-refractivity contribution < 1.29 is 9.53 Å². The smallest absolute Gasteiger partial charge is 0.262 e. The fourth-order valence-electron chi connectivity index (χ4n) is 4.82. The normalized spacial score (nSPS) is 16.1. The zero-order valence-electron chi connectivity index (χ0n) is 19.8.